The van der Waals surface area contributed by atoms with Crippen molar-refractivity contribution in [2.75, 3.05) is 18.6 Å². The van der Waals surface area contributed by atoms with Crippen LogP contribution < -0.4 is 4.90 Å². The maximum atomic E-state index is 13.6. The van der Waals surface area contributed by atoms with E-state index in [0.717, 1.165) is 29.1 Å². The fourth-order valence-corrected chi connectivity index (χ4v) is 4.88. The molecule has 158 valence electrons. The number of hydrogen-bond donors (Lipinski definition) is 0. The summed E-state index contributed by atoms with van der Waals surface area (Å²) in [7, 11) is 1.33. The molecule has 0 saturated heterocycles. The quantitative estimate of drug-likeness (QED) is 0.551. The first-order valence-electron chi connectivity index (χ1n) is 10.3. The van der Waals surface area contributed by atoms with Crippen LogP contribution in [0.1, 0.15) is 28.0 Å². The molecule has 0 bridgehead atoms. The lowest BCUT2D eigenvalue weighted by atomic mass is 9.92. The van der Waals surface area contributed by atoms with E-state index in [1.54, 1.807) is 12.5 Å². The molecule has 2 atom stereocenters. The van der Waals surface area contributed by atoms with Gasteiger partial charge < -0.3 is 14.2 Å². The van der Waals surface area contributed by atoms with E-state index in [1.807, 2.05) is 51.9 Å². The van der Waals surface area contributed by atoms with Gasteiger partial charge in [-0.15, -0.1) is 0 Å². The second-order valence-corrected chi connectivity index (χ2v) is 8.60. The van der Waals surface area contributed by atoms with Crippen LogP contribution in [0.5, 0.6) is 0 Å². The number of amides is 1. The zero-order valence-electron chi connectivity index (χ0n) is 17.1. The number of aromatic nitrogens is 2. The van der Waals surface area contributed by atoms with E-state index in [4.69, 9.17) is 16.3 Å². The van der Waals surface area contributed by atoms with Crippen molar-refractivity contribution < 1.29 is 14.3 Å². The Bertz CT molecular complexity index is 1160. The number of benzene rings is 2. The van der Waals surface area contributed by atoms with E-state index in [9.17, 15) is 9.59 Å². The van der Waals surface area contributed by atoms with Crippen molar-refractivity contribution in [1.29, 1.82) is 0 Å². The zero-order chi connectivity index (χ0) is 21.6. The van der Waals surface area contributed by atoms with Gasteiger partial charge in [0.05, 0.1) is 18.9 Å². The summed E-state index contributed by atoms with van der Waals surface area (Å²) in [6, 6.07) is 16.0. The highest BCUT2D eigenvalue weighted by Gasteiger charge is 2.66. The van der Waals surface area contributed by atoms with Crippen LogP contribution in [0.25, 0.3) is 0 Å². The second kappa shape index (κ2) is 7.54. The molecule has 3 aromatic rings. The van der Waals surface area contributed by atoms with Gasteiger partial charge in [-0.3, -0.25) is 4.79 Å². The molecule has 1 amide bonds. The molecule has 0 unspecified atom stereocenters. The Morgan fingerprint density at radius 1 is 1.19 bits per heavy atom. The molecule has 1 saturated carbocycles. The van der Waals surface area contributed by atoms with Crippen LogP contribution >= 0.6 is 11.6 Å². The monoisotopic (exact) mass is 435 g/mol. The van der Waals surface area contributed by atoms with Crippen LogP contribution in [0.2, 0.25) is 5.02 Å². The fraction of sp³-hybridized carbons (Fsp3) is 0.292. The number of carbonyl (C=O) groups is 2. The minimum Gasteiger partial charge on any atom is -0.464 e. The largest absolute Gasteiger partial charge is 0.464 e. The fourth-order valence-electron chi connectivity index (χ4n) is 4.75. The van der Waals surface area contributed by atoms with Crippen molar-refractivity contribution in [3.05, 3.63) is 82.9 Å². The third-order valence-electron chi connectivity index (χ3n) is 6.41. The van der Waals surface area contributed by atoms with Gasteiger partial charge in [0.2, 0.25) is 5.91 Å². The second-order valence-electron chi connectivity index (χ2n) is 8.17. The van der Waals surface area contributed by atoms with Crippen molar-refractivity contribution in [2.45, 2.75) is 24.8 Å². The molecule has 1 aliphatic carbocycles. The Morgan fingerprint density at radius 3 is 2.74 bits per heavy atom. The first-order valence-corrected chi connectivity index (χ1v) is 10.7. The summed E-state index contributed by atoms with van der Waals surface area (Å²) >= 11 is 6.01. The highest BCUT2D eigenvalue weighted by atomic mass is 35.5. The van der Waals surface area contributed by atoms with Gasteiger partial charge in [-0.05, 0) is 48.1 Å². The summed E-state index contributed by atoms with van der Waals surface area (Å²) < 4.78 is 6.52. The van der Waals surface area contributed by atoms with Crippen LogP contribution in [-0.2, 0) is 27.9 Å². The van der Waals surface area contributed by atoms with Gasteiger partial charge in [-0.1, -0.05) is 41.9 Å². The lowest BCUT2D eigenvalue weighted by Crippen LogP contribution is -2.35. The number of ether oxygens (including phenoxy) is 1. The van der Waals surface area contributed by atoms with Gasteiger partial charge in [0.1, 0.15) is 0 Å². The number of nitrogens with zero attached hydrogens (tertiary/aromatic N) is 3. The highest BCUT2D eigenvalue weighted by Crippen LogP contribution is 2.62. The molecule has 1 aromatic heterocycles. The van der Waals surface area contributed by atoms with Gasteiger partial charge in [0.15, 0.2) is 5.69 Å². The minimum absolute atomic E-state index is 0.168. The van der Waals surface area contributed by atoms with E-state index in [0.29, 0.717) is 13.1 Å². The number of hydrogen-bond acceptors (Lipinski definition) is 4. The van der Waals surface area contributed by atoms with Crippen molar-refractivity contribution in [3.63, 3.8) is 0 Å². The van der Waals surface area contributed by atoms with Crippen molar-refractivity contribution in [2.24, 2.45) is 5.92 Å². The molecule has 5 rings (SSSR count). The Hall–Kier alpha value is -3.12. The normalized spacial score (nSPS) is 21.4. The summed E-state index contributed by atoms with van der Waals surface area (Å²) in [5.74, 6) is -0.0178. The highest BCUT2D eigenvalue weighted by molar-refractivity contribution is 6.30. The average molecular weight is 436 g/mol. The molecule has 0 radical (unpaired) electrons. The Balaban J connectivity index is 1.35. The number of esters is 1. The zero-order valence-corrected chi connectivity index (χ0v) is 17.9. The Morgan fingerprint density at radius 2 is 1.97 bits per heavy atom. The molecule has 31 heavy (non-hydrogen) atoms. The average Bonchev–Trinajstić information content (AvgIpc) is 3.20. The van der Waals surface area contributed by atoms with Crippen molar-refractivity contribution in [1.82, 2.24) is 9.55 Å². The van der Waals surface area contributed by atoms with E-state index in [2.05, 4.69) is 11.1 Å². The maximum absolute atomic E-state index is 13.6. The number of fused-ring (bicyclic) bond motifs is 2. The van der Waals surface area contributed by atoms with E-state index in [1.165, 1.54) is 12.7 Å². The van der Waals surface area contributed by atoms with Gasteiger partial charge in [-0.2, -0.15) is 0 Å². The van der Waals surface area contributed by atoms with E-state index >= 15 is 0 Å². The predicted molar refractivity (Wildman–Crippen MR) is 117 cm³/mol. The molecule has 1 aliphatic heterocycles. The van der Waals surface area contributed by atoms with E-state index in [-0.39, 0.29) is 17.5 Å². The number of carbonyl (C=O) groups excluding carboxylic acids is 2. The van der Waals surface area contributed by atoms with Crippen molar-refractivity contribution in [3.8, 4) is 0 Å². The summed E-state index contributed by atoms with van der Waals surface area (Å²) in [5, 5.41) is 0.720. The number of para-hydroxylation sites is 1. The Kier molecular flexibility index (Phi) is 4.82. The third-order valence-corrected chi connectivity index (χ3v) is 6.66. The third kappa shape index (κ3) is 3.31. The molecular formula is C24H22ClN3O3. The van der Waals surface area contributed by atoms with Gasteiger partial charge in [0.25, 0.3) is 0 Å². The summed E-state index contributed by atoms with van der Waals surface area (Å²) in [6.45, 7) is 1.06. The number of anilines is 1. The predicted octanol–water partition coefficient (Wildman–Crippen LogP) is 3.87. The van der Waals surface area contributed by atoms with Crippen LogP contribution in [0.4, 0.5) is 5.69 Å². The molecule has 7 heteroatoms. The van der Waals surface area contributed by atoms with Crippen LogP contribution in [-0.4, -0.2) is 35.1 Å². The topological polar surface area (TPSA) is 64.4 Å². The van der Waals surface area contributed by atoms with Gasteiger partial charge in [-0.25, -0.2) is 9.78 Å². The number of halogens is 1. The van der Waals surface area contributed by atoms with Gasteiger partial charge in [0, 0.05) is 30.0 Å². The number of imidazole rings is 1. The maximum Gasteiger partial charge on any atom is 0.358 e. The first kappa shape index (κ1) is 19.8. The first-order chi connectivity index (χ1) is 15.0. The summed E-state index contributed by atoms with van der Waals surface area (Å²) in [5.41, 5.74) is 3.14. The molecule has 2 aliphatic rings. The molecule has 2 heterocycles. The molecular weight excluding hydrogens is 414 g/mol. The molecule has 6 nitrogen and oxygen atoms in total. The SMILES string of the molecule is COC(=O)c1cn(CCN2C(=O)[C@@]3(C[C@H]3Cc3ccc(Cl)cc3)c3ccccc32)cn1. The summed E-state index contributed by atoms with van der Waals surface area (Å²) in [6.07, 6.45) is 4.96. The van der Waals surface area contributed by atoms with Crippen LogP contribution in [0, 0.1) is 5.92 Å². The van der Waals surface area contributed by atoms with Crippen molar-refractivity contribution >= 4 is 29.2 Å². The Labute approximate surface area is 185 Å². The molecule has 1 fully saturated rings. The lowest BCUT2D eigenvalue weighted by molar-refractivity contribution is -0.120. The van der Waals surface area contributed by atoms with Gasteiger partial charge >= 0.3 is 5.97 Å². The minimum atomic E-state index is -0.469. The molecule has 1 spiro atoms. The summed E-state index contributed by atoms with van der Waals surface area (Å²) in [4.78, 5) is 31.2. The number of rotatable bonds is 6. The molecule has 2 aromatic carbocycles. The smallest absolute Gasteiger partial charge is 0.358 e. The number of methoxy groups -OCH3 is 1. The van der Waals surface area contributed by atoms with Crippen LogP contribution in [0.3, 0.4) is 0 Å². The van der Waals surface area contributed by atoms with Crippen LogP contribution in [0.15, 0.2) is 61.1 Å². The van der Waals surface area contributed by atoms with E-state index < -0.39 is 11.4 Å². The standard InChI is InChI=1S/C24H22ClN3O3/c1-31-22(29)20-14-27(15-26-20)10-11-28-21-5-3-2-4-19(21)24(23(28)30)13-17(24)12-16-6-8-18(25)9-7-16/h2-9,14-15,17H,10-13H2,1H3/t17-,24-/m1/s1. The lowest BCUT2D eigenvalue weighted by Gasteiger charge is -2.18. The molecule has 0 N–H and O–H groups in total.